The molecule has 0 aromatic heterocycles. The summed E-state index contributed by atoms with van der Waals surface area (Å²) in [5, 5.41) is 27.5. The molecule has 2 saturated heterocycles. The normalized spacial score (nSPS) is 33.3. The van der Waals surface area contributed by atoms with Crippen molar-refractivity contribution in [2.75, 3.05) is 11.9 Å². The van der Waals surface area contributed by atoms with Crippen LogP contribution in [0.4, 0.5) is 18.9 Å². The number of alkyl halides is 3. The average molecular weight is 437 g/mol. The Hall–Kier alpha value is -2.35. The number of halogens is 3. The summed E-state index contributed by atoms with van der Waals surface area (Å²) in [4.78, 5) is 12.6. The van der Waals surface area contributed by atoms with Crippen LogP contribution in [0.2, 0.25) is 0 Å². The predicted molar refractivity (Wildman–Crippen MR) is 106 cm³/mol. The zero-order chi connectivity index (χ0) is 22.4. The molecule has 168 valence electrons. The summed E-state index contributed by atoms with van der Waals surface area (Å²) in [6, 6.07) is 7.72. The van der Waals surface area contributed by atoms with Gasteiger partial charge in [-0.3, -0.25) is 4.79 Å². The third-order valence-electron chi connectivity index (χ3n) is 6.78. The molecule has 0 bridgehead atoms. The van der Waals surface area contributed by atoms with Crippen molar-refractivity contribution in [3.63, 3.8) is 0 Å². The minimum Gasteiger partial charge on any atom is -0.376 e. The number of hydrogen-bond acceptors (Lipinski definition) is 6. The van der Waals surface area contributed by atoms with Gasteiger partial charge in [0.25, 0.3) is 0 Å². The lowest BCUT2D eigenvalue weighted by molar-refractivity contribution is -0.258. The number of fused-ring (bicyclic) bond motifs is 1. The molecule has 1 aromatic rings. The molecule has 3 aliphatic rings. The number of nitriles is 1. The lowest BCUT2D eigenvalue weighted by atomic mass is 9.90. The fourth-order valence-electron chi connectivity index (χ4n) is 4.96. The minimum absolute atomic E-state index is 0.0273. The molecule has 6 atom stereocenters. The maximum atomic E-state index is 13.1. The maximum absolute atomic E-state index is 13.1. The van der Waals surface area contributed by atoms with Gasteiger partial charge in [0.2, 0.25) is 5.91 Å². The molecule has 4 unspecified atom stereocenters. The van der Waals surface area contributed by atoms with Gasteiger partial charge in [-0.05, 0) is 43.9 Å². The van der Waals surface area contributed by atoms with Crippen molar-refractivity contribution < 1.29 is 23.1 Å². The Morgan fingerprint density at radius 2 is 1.90 bits per heavy atom. The number of nitrogens with zero attached hydrogens (tertiary/aromatic N) is 2. The summed E-state index contributed by atoms with van der Waals surface area (Å²) >= 11 is 0. The lowest BCUT2D eigenvalue weighted by Crippen LogP contribution is -2.52. The topological polar surface area (TPSA) is 100 Å². The Morgan fingerprint density at radius 3 is 2.55 bits per heavy atom. The molecule has 2 heterocycles. The Labute approximate surface area is 178 Å². The smallest absolute Gasteiger partial charge is 0.376 e. The van der Waals surface area contributed by atoms with Gasteiger partial charge in [-0.1, -0.05) is 18.6 Å². The molecule has 1 amide bonds. The molecule has 1 aromatic carbocycles. The first-order chi connectivity index (χ1) is 14.6. The van der Waals surface area contributed by atoms with E-state index in [4.69, 9.17) is 0 Å². The number of rotatable bonds is 4. The third-order valence-corrected chi connectivity index (χ3v) is 6.78. The number of hydrazine groups is 1. The Morgan fingerprint density at radius 1 is 1.19 bits per heavy atom. The van der Waals surface area contributed by atoms with Crippen molar-refractivity contribution in [2.24, 2.45) is 11.8 Å². The molecule has 7 nitrogen and oxygen atoms in total. The van der Waals surface area contributed by atoms with Crippen molar-refractivity contribution in [3.05, 3.63) is 29.8 Å². The number of carbonyl (C=O) groups excluding carboxylic acids is 1. The number of piperidine rings is 1. The van der Waals surface area contributed by atoms with E-state index in [-0.39, 0.29) is 29.5 Å². The van der Waals surface area contributed by atoms with Gasteiger partial charge in [0.1, 0.15) is 6.17 Å². The van der Waals surface area contributed by atoms with Crippen LogP contribution < -0.4 is 16.1 Å². The van der Waals surface area contributed by atoms with Crippen LogP contribution in [0.25, 0.3) is 0 Å². The van der Waals surface area contributed by atoms with Crippen molar-refractivity contribution in [1.29, 1.82) is 5.26 Å². The molecule has 4 rings (SSSR count). The monoisotopic (exact) mass is 437 g/mol. The van der Waals surface area contributed by atoms with Gasteiger partial charge in [0, 0.05) is 24.3 Å². The molecule has 2 aliphatic heterocycles. The highest BCUT2D eigenvalue weighted by atomic mass is 19.4. The van der Waals surface area contributed by atoms with Crippen LogP contribution in [-0.4, -0.2) is 47.0 Å². The van der Waals surface area contributed by atoms with E-state index in [1.165, 1.54) is 24.3 Å². The van der Waals surface area contributed by atoms with E-state index in [9.17, 15) is 28.3 Å². The first-order valence-electron chi connectivity index (χ1n) is 10.5. The first-order valence-corrected chi connectivity index (χ1v) is 10.5. The van der Waals surface area contributed by atoms with Crippen LogP contribution in [0.1, 0.15) is 38.2 Å². The second-order valence-electron chi connectivity index (χ2n) is 8.71. The Bertz CT molecular complexity index is 867. The van der Waals surface area contributed by atoms with Crippen LogP contribution in [0.15, 0.2) is 24.3 Å². The standard InChI is InChI=1S/C21H26F3N5O2/c1-20(31,21(22,23)24)13-5-7-14(8-6-13)27-18-17-16(9-10-26-19(17)30)29(28-18)15-4-2-3-12(15)11-25/h5-8,12,15-18,27-28,31H,2-4,9-10H2,1H3,(H,26,30)/t12-,15+,16?,17?,18?,20?/m1/s1. The molecule has 3 fully saturated rings. The molecule has 1 aliphatic carbocycles. The fraction of sp³-hybridized carbons (Fsp3) is 0.619. The molecular weight excluding hydrogens is 411 g/mol. The van der Waals surface area contributed by atoms with Gasteiger partial charge in [-0.2, -0.15) is 18.4 Å². The van der Waals surface area contributed by atoms with E-state index in [1.54, 1.807) is 0 Å². The molecule has 0 spiro atoms. The summed E-state index contributed by atoms with van der Waals surface area (Å²) < 4.78 is 39.2. The minimum atomic E-state index is -4.79. The highest BCUT2D eigenvalue weighted by Gasteiger charge is 2.52. The zero-order valence-electron chi connectivity index (χ0n) is 17.1. The number of aliphatic hydroxyl groups is 1. The number of hydrogen-bond donors (Lipinski definition) is 4. The van der Waals surface area contributed by atoms with Gasteiger partial charge in [-0.25, -0.2) is 10.4 Å². The summed E-state index contributed by atoms with van der Waals surface area (Å²) in [7, 11) is 0. The first kappa shape index (κ1) is 21.9. The van der Waals surface area contributed by atoms with Gasteiger partial charge in [0.05, 0.1) is 17.9 Å². The molecular formula is C21H26F3N5O2. The molecule has 4 N–H and O–H groups in total. The second-order valence-corrected chi connectivity index (χ2v) is 8.71. The summed E-state index contributed by atoms with van der Waals surface area (Å²) in [6.45, 7) is 1.28. The van der Waals surface area contributed by atoms with Gasteiger partial charge >= 0.3 is 6.18 Å². The van der Waals surface area contributed by atoms with Crippen molar-refractivity contribution in [1.82, 2.24) is 15.8 Å². The zero-order valence-corrected chi connectivity index (χ0v) is 17.1. The van der Waals surface area contributed by atoms with E-state index in [0.717, 1.165) is 32.6 Å². The van der Waals surface area contributed by atoms with E-state index in [0.29, 0.717) is 12.2 Å². The number of anilines is 1. The molecule has 0 radical (unpaired) electrons. The van der Waals surface area contributed by atoms with Crippen molar-refractivity contribution in [3.8, 4) is 6.07 Å². The Kier molecular flexibility index (Phi) is 5.62. The average Bonchev–Trinajstić information content (AvgIpc) is 3.32. The molecule has 1 saturated carbocycles. The second kappa shape index (κ2) is 7.97. The van der Waals surface area contributed by atoms with Gasteiger partial charge in [-0.15, -0.1) is 0 Å². The quantitative estimate of drug-likeness (QED) is 0.576. The van der Waals surface area contributed by atoms with Crippen LogP contribution in [0.3, 0.4) is 0 Å². The van der Waals surface area contributed by atoms with Crippen LogP contribution in [-0.2, 0) is 10.4 Å². The lowest BCUT2D eigenvalue weighted by Gasteiger charge is -2.35. The SMILES string of the molecule is CC(O)(c1ccc(NC2NN([C@H]3CCC[C@@H]3C#N)C3CCNC(=O)C23)cc1)C(F)(F)F. The van der Waals surface area contributed by atoms with Gasteiger partial charge in [0.15, 0.2) is 5.60 Å². The van der Waals surface area contributed by atoms with Crippen LogP contribution >= 0.6 is 0 Å². The number of benzene rings is 1. The summed E-state index contributed by atoms with van der Waals surface area (Å²) in [5.74, 6) is -0.584. The van der Waals surface area contributed by atoms with Crippen molar-refractivity contribution >= 4 is 11.6 Å². The highest BCUT2D eigenvalue weighted by molar-refractivity contribution is 5.82. The van der Waals surface area contributed by atoms with Crippen LogP contribution in [0, 0.1) is 23.2 Å². The summed E-state index contributed by atoms with van der Waals surface area (Å²) in [5.41, 5.74) is 0.688. The predicted octanol–water partition coefficient (Wildman–Crippen LogP) is 2.21. The van der Waals surface area contributed by atoms with Crippen molar-refractivity contribution in [2.45, 2.75) is 62.6 Å². The van der Waals surface area contributed by atoms with Crippen LogP contribution in [0.5, 0.6) is 0 Å². The highest BCUT2D eigenvalue weighted by Crippen LogP contribution is 2.40. The van der Waals surface area contributed by atoms with Gasteiger partial charge < -0.3 is 15.7 Å². The number of carbonyl (C=O) groups is 1. The van der Waals surface area contributed by atoms with E-state index >= 15 is 0 Å². The molecule has 31 heavy (non-hydrogen) atoms. The third kappa shape index (κ3) is 3.86. The van der Waals surface area contributed by atoms with E-state index < -0.39 is 23.9 Å². The summed E-state index contributed by atoms with van der Waals surface area (Å²) in [6.07, 6.45) is -1.82. The number of amides is 1. The number of nitrogens with one attached hydrogen (secondary N) is 3. The molecule has 10 heteroatoms. The van der Waals surface area contributed by atoms with E-state index in [1.807, 2.05) is 0 Å². The van der Waals surface area contributed by atoms with E-state index in [2.05, 4.69) is 27.1 Å². The maximum Gasteiger partial charge on any atom is 0.421 e. The Balaban J connectivity index is 1.54. The fourth-order valence-corrected chi connectivity index (χ4v) is 4.96. The largest absolute Gasteiger partial charge is 0.421 e.